The summed E-state index contributed by atoms with van der Waals surface area (Å²) in [7, 11) is 0. The van der Waals surface area contributed by atoms with Crippen molar-refractivity contribution >= 4 is 39.8 Å². The molecular formula is C21H22N6O2S2. The Balaban J connectivity index is 1.52. The number of anilines is 2. The summed E-state index contributed by atoms with van der Waals surface area (Å²) >= 11 is 2.87. The lowest BCUT2D eigenvalue weighted by molar-refractivity contribution is -0.115. The average Bonchev–Trinajstić information content (AvgIpc) is 3.47. The SMILES string of the molecule is CCc1ccccc1N(C(C)=O)c1nc(CSc2nnc(-c3ccoc3C)n2N)cs1. The van der Waals surface area contributed by atoms with Crippen molar-refractivity contribution in [3.8, 4) is 11.4 Å². The summed E-state index contributed by atoms with van der Waals surface area (Å²) in [4.78, 5) is 18.8. The van der Waals surface area contributed by atoms with E-state index in [1.165, 1.54) is 27.8 Å². The molecule has 2 N–H and O–H groups in total. The molecule has 31 heavy (non-hydrogen) atoms. The van der Waals surface area contributed by atoms with E-state index in [9.17, 15) is 4.79 Å². The number of thioether (sulfide) groups is 1. The number of thiazole rings is 1. The van der Waals surface area contributed by atoms with Gasteiger partial charge in [-0.05, 0) is 31.0 Å². The standard InChI is InChI=1S/C21H22N6O2S2/c1-4-15-7-5-6-8-18(15)26(14(3)28)20-23-16(11-30-20)12-31-21-25-24-19(27(21)22)17-9-10-29-13(17)2/h5-11H,4,12,22H2,1-3H3. The number of carbonyl (C=O) groups excluding carboxylic acids is 1. The van der Waals surface area contributed by atoms with E-state index >= 15 is 0 Å². The molecule has 0 spiro atoms. The highest BCUT2D eigenvalue weighted by atomic mass is 32.2. The van der Waals surface area contributed by atoms with Gasteiger partial charge in [-0.3, -0.25) is 9.69 Å². The Morgan fingerprint density at radius 1 is 1.29 bits per heavy atom. The first kappa shape index (κ1) is 21.1. The predicted octanol–water partition coefficient (Wildman–Crippen LogP) is 4.56. The van der Waals surface area contributed by atoms with Crippen LogP contribution in [-0.4, -0.2) is 25.8 Å². The second kappa shape index (κ2) is 8.94. The van der Waals surface area contributed by atoms with E-state index in [-0.39, 0.29) is 5.91 Å². The highest BCUT2D eigenvalue weighted by Gasteiger charge is 2.21. The molecule has 10 heteroatoms. The fraction of sp³-hybridized carbons (Fsp3) is 0.238. The van der Waals surface area contributed by atoms with E-state index in [2.05, 4.69) is 22.1 Å². The lowest BCUT2D eigenvalue weighted by atomic mass is 10.1. The first-order valence-electron chi connectivity index (χ1n) is 9.70. The number of nitrogens with two attached hydrogens (primary N) is 1. The Labute approximate surface area is 188 Å². The van der Waals surface area contributed by atoms with Gasteiger partial charge in [-0.25, -0.2) is 9.66 Å². The molecule has 3 aromatic heterocycles. The molecule has 0 bridgehead atoms. The molecule has 1 amide bonds. The van der Waals surface area contributed by atoms with Crippen LogP contribution < -0.4 is 10.7 Å². The third kappa shape index (κ3) is 4.21. The molecule has 0 radical (unpaired) electrons. The molecule has 160 valence electrons. The number of benzene rings is 1. The zero-order valence-corrected chi connectivity index (χ0v) is 19.0. The Morgan fingerprint density at radius 2 is 2.10 bits per heavy atom. The van der Waals surface area contributed by atoms with Crippen molar-refractivity contribution in [2.45, 2.75) is 38.1 Å². The topological polar surface area (TPSA) is 103 Å². The minimum Gasteiger partial charge on any atom is -0.469 e. The zero-order valence-electron chi connectivity index (χ0n) is 17.4. The first-order valence-corrected chi connectivity index (χ1v) is 11.6. The number of furan rings is 1. The molecule has 4 aromatic rings. The van der Waals surface area contributed by atoms with Gasteiger partial charge in [-0.15, -0.1) is 21.5 Å². The third-order valence-electron chi connectivity index (χ3n) is 4.77. The first-order chi connectivity index (χ1) is 15.0. The number of para-hydroxylation sites is 1. The molecule has 0 saturated heterocycles. The monoisotopic (exact) mass is 454 g/mol. The van der Waals surface area contributed by atoms with Crippen LogP contribution in [0.2, 0.25) is 0 Å². The summed E-state index contributed by atoms with van der Waals surface area (Å²) in [6.45, 7) is 5.48. The highest BCUT2D eigenvalue weighted by molar-refractivity contribution is 7.98. The van der Waals surface area contributed by atoms with Crippen molar-refractivity contribution in [2.75, 3.05) is 10.7 Å². The molecule has 3 heterocycles. The fourth-order valence-corrected chi connectivity index (χ4v) is 4.95. The normalized spacial score (nSPS) is 11.1. The summed E-state index contributed by atoms with van der Waals surface area (Å²) in [5.41, 5.74) is 3.62. The highest BCUT2D eigenvalue weighted by Crippen LogP contribution is 2.33. The maximum absolute atomic E-state index is 12.4. The van der Waals surface area contributed by atoms with Gasteiger partial charge in [-0.1, -0.05) is 36.9 Å². The summed E-state index contributed by atoms with van der Waals surface area (Å²) in [5, 5.41) is 11.5. The van der Waals surface area contributed by atoms with Crippen LogP contribution in [0.15, 0.2) is 51.5 Å². The second-order valence-corrected chi connectivity index (χ2v) is 8.59. The molecular weight excluding hydrogens is 432 g/mol. The number of hydrogen-bond donors (Lipinski definition) is 1. The molecule has 0 aliphatic carbocycles. The molecule has 0 fully saturated rings. The van der Waals surface area contributed by atoms with Gasteiger partial charge in [-0.2, -0.15) is 0 Å². The van der Waals surface area contributed by atoms with Crippen LogP contribution in [-0.2, 0) is 17.0 Å². The van der Waals surface area contributed by atoms with Crippen LogP contribution >= 0.6 is 23.1 Å². The van der Waals surface area contributed by atoms with Crippen molar-refractivity contribution in [3.05, 3.63) is 59.0 Å². The van der Waals surface area contributed by atoms with E-state index in [0.717, 1.165) is 34.7 Å². The maximum Gasteiger partial charge on any atom is 0.230 e. The van der Waals surface area contributed by atoms with Gasteiger partial charge in [0.1, 0.15) is 5.76 Å². The van der Waals surface area contributed by atoms with Crippen molar-refractivity contribution in [2.24, 2.45) is 0 Å². The summed E-state index contributed by atoms with van der Waals surface area (Å²) in [6, 6.07) is 9.71. The van der Waals surface area contributed by atoms with E-state index in [1.807, 2.05) is 42.6 Å². The van der Waals surface area contributed by atoms with Crippen LogP contribution in [0.3, 0.4) is 0 Å². The maximum atomic E-state index is 12.4. The number of nitrogens with zero attached hydrogens (tertiary/aromatic N) is 5. The minimum absolute atomic E-state index is 0.0729. The van der Waals surface area contributed by atoms with E-state index in [1.54, 1.807) is 18.1 Å². The number of nitrogen functional groups attached to an aromatic ring is 1. The van der Waals surface area contributed by atoms with E-state index in [0.29, 0.717) is 21.9 Å². The second-order valence-electron chi connectivity index (χ2n) is 6.81. The zero-order chi connectivity index (χ0) is 22.0. The van der Waals surface area contributed by atoms with Crippen molar-refractivity contribution < 1.29 is 9.21 Å². The van der Waals surface area contributed by atoms with Crippen LogP contribution in [0, 0.1) is 6.92 Å². The van der Waals surface area contributed by atoms with Crippen LogP contribution in [0.5, 0.6) is 0 Å². The van der Waals surface area contributed by atoms with Crippen molar-refractivity contribution in [1.82, 2.24) is 19.9 Å². The molecule has 1 aromatic carbocycles. The van der Waals surface area contributed by atoms with Crippen LogP contribution in [0.25, 0.3) is 11.4 Å². The van der Waals surface area contributed by atoms with Gasteiger partial charge in [0, 0.05) is 18.1 Å². The Kier molecular flexibility index (Phi) is 6.10. The molecule has 8 nitrogen and oxygen atoms in total. The number of aromatic nitrogens is 4. The van der Waals surface area contributed by atoms with Crippen molar-refractivity contribution in [3.63, 3.8) is 0 Å². The lowest BCUT2D eigenvalue weighted by Crippen LogP contribution is -2.23. The quantitative estimate of drug-likeness (QED) is 0.323. The molecule has 0 atom stereocenters. The van der Waals surface area contributed by atoms with Gasteiger partial charge >= 0.3 is 0 Å². The summed E-state index contributed by atoms with van der Waals surface area (Å²) in [6.07, 6.45) is 2.43. The summed E-state index contributed by atoms with van der Waals surface area (Å²) < 4.78 is 6.78. The number of carbonyl (C=O) groups is 1. The number of amides is 1. The largest absolute Gasteiger partial charge is 0.469 e. The van der Waals surface area contributed by atoms with Gasteiger partial charge in [0.05, 0.1) is 23.2 Å². The Bertz CT molecular complexity index is 1210. The number of aryl methyl sites for hydroxylation is 2. The minimum atomic E-state index is -0.0729. The van der Waals surface area contributed by atoms with Gasteiger partial charge < -0.3 is 10.3 Å². The molecule has 4 rings (SSSR count). The average molecular weight is 455 g/mol. The third-order valence-corrected chi connectivity index (χ3v) is 6.62. The van der Waals surface area contributed by atoms with E-state index < -0.39 is 0 Å². The number of rotatable bonds is 7. The molecule has 0 saturated carbocycles. The van der Waals surface area contributed by atoms with Gasteiger partial charge in [0.15, 0.2) is 11.0 Å². The van der Waals surface area contributed by atoms with E-state index in [4.69, 9.17) is 10.3 Å². The Hall–Kier alpha value is -3.11. The Morgan fingerprint density at radius 3 is 2.81 bits per heavy atom. The van der Waals surface area contributed by atoms with Crippen LogP contribution in [0.4, 0.5) is 10.8 Å². The molecule has 0 aliphatic heterocycles. The fourth-order valence-electron chi connectivity index (χ4n) is 3.22. The van der Waals surface area contributed by atoms with Crippen molar-refractivity contribution in [1.29, 1.82) is 0 Å². The smallest absolute Gasteiger partial charge is 0.230 e. The summed E-state index contributed by atoms with van der Waals surface area (Å²) in [5.74, 6) is 7.95. The molecule has 0 aliphatic rings. The van der Waals surface area contributed by atoms with Crippen LogP contribution in [0.1, 0.15) is 30.9 Å². The number of hydrogen-bond acceptors (Lipinski definition) is 8. The molecule has 0 unspecified atom stereocenters. The van der Waals surface area contributed by atoms with Gasteiger partial charge in [0.25, 0.3) is 0 Å². The predicted molar refractivity (Wildman–Crippen MR) is 123 cm³/mol. The van der Waals surface area contributed by atoms with Gasteiger partial charge in [0.2, 0.25) is 11.1 Å². The lowest BCUT2D eigenvalue weighted by Gasteiger charge is -2.20.